The van der Waals surface area contributed by atoms with Crippen LogP contribution in [0.3, 0.4) is 0 Å². The molecule has 0 bridgehead atoms. The molecule has 0 unspecified atom stereocenters. The first kappa shape index (κ1) is 11.2. The molecule has 1 aromatic rings. The molecule has 5 heteroatoms. The van der Waals surface area contributed by atoms with Crippen molar-refractivity contribution in [1.29, 1.82) is 0 Å². The van der Waals surface area contributed by atoms with Gasteiger partial charge in [-0.2, -0.15) is 0 Å². The van der Waals surface area contributed by atoms with Crippen LogP contribution in [0.2, 0.25) is 0 Å². The lowest BCUT2D eigenvalue weighted by molar-refractivity contribution is 0.120. The third-order valence-electron chi connectivity index (χ3n) is 1.65. The summed E-state index contributed by atoms with van der Waals surface area (Å²) in [6.07, 6.45) is -0.818. The van der Waals surface area contributed by atoms with E-state index in [-0.39, 0.29) is 5.75 Å². The molecule has 0 aliphatic rings. The van der Waals surface area contributed by atoms with Crippen molar-refractivity contribution in [3.63, 3.8) is 0 Å². The van der Waals surface area contributed by atoms with E-state index >= 15 is 0 Å². The summed E-state index contributed by atoms with van der Waals surface area (Å²) in [7, 11) is 4.13. The Hall–Kier alpha value is -1.91. The standard InChI is InChI=1S/C10H11O5/c1-12-7-5-4-6-8(9(7)13-2)15-10(11)14-3/h4,6H,1-3H3. The molecule has 0 saturated heterocycles. The average molecular weight is 211 g/mol. The minimum Gasteiger partial charge on any atom is -0.492 e. The highest BCUT2D eigenvalue weighted by Gasteiger charge is 2.14. The van der Waals surface area contributed by atoms with Gasteiger partial charge in [-0.05, 0) is 12.1 Å². The Morgan fingerprint density at radius 1 is 1.27 bits per heavy atom. The van der Waals surface area contributed by atoms with Crippen LogP contribution in [0.4, 0.5) is 4.79 Å². The molecule has 0 atom stereocenters. The highest BCUT2D eigenvalue weighted by Crippen LogP contribution is 2.36. The topological polar surface area (TPSA) is 54.0 Å². The van der Waals surface area contributed by atoms with E-state index in [1.807, 2.05) is 0 Å². The van der Waals surface area contributed by atoms with Gasteiger partial charge in [-0.25, -0.2) is 4.79 Å². The van der Waals surface area contributed by atoms with Crippen LogP contribution in [0, 0.1) is 6.07 Å². The summed E-state index contributed by atoms with van der Waals surface area (Å²) >= 11 is 0. The Bertz CT molecular complexity index is 348. The summed E-state index contributed by atoms with van der Waals surface area (Å²) in [6.45, 7) is 0. The highest BCUT2D eigenvalue weighted by atomic mass is 16.7. The van der Waals surface area contributed by atoms with Crippen LogP contribution in [-0.2, 0) is 4.74 Å². The van der Waals surface area contributed by atoms with Gasteiger partial charge in [0.25, 0.3) is 0 Å². The van der Waals surface area contributed by atoms with E-state index in [2.05, 4.69) is 10.8 Å². The molecule has 5 nitrogen and oxygen atoms in total. The number of carbonyl (C=O) groups excluding carboxylic acids is 1. The normalized spacial score (nSPS) is 9.27. The lowest BCUT2D eigenvalue weighted by Crippen LogP contribution is -2.08. The van der Waals surface area contributed by atoms with Gasteiger partial charge >= 0.3 is 6.16 Å². The summed E-state index contributed by atoms with van der Waals surface area (Å²) in [5.41, 5.74) is 0. The molecule has 1 rings (SSSR count). The molecule has 81 valence electrons. The molecular weight excluding hydrogens is 200 g/mol. The lowest BCUT2D eigenvalue weighted by Gasteiger charge is -2.10. The van der Waals surface area contributed by atoms with Gasteiger partial charge in [0, 0.05) is 6.07 Å². The molecule has 0 N–H and O–H groups in total. The van der Waals surface area contributed by atoms with Gasteiger partial charge in [-0.15, -0.1) is 0 Å². The Balaban J connectivity index is 3.00. The maximum Gasteiger partial charge on any atom is 0.513 e. The van der Waals surface area contributed by atoms with Crippen LogP contribution >= 0.6 is 0 Å². The van der Waals surface area contributed by atoms with Gasteiger partial charge in [0.15, 0.2) is 11.5 Å². The van der Waals surface area contributed by atoms with E-state index in [0.717, 1.165) is 0 Å². The summed E-state index contributed by atoms with van der Waals surface area (Å²) in [5.74, 6) is 0.879. The van der Waals surface area contributed by atoms with E-state index in [0.29, 0.717) is 11.5 Å². The minimum atomic E-state index is -0.818. The van der Waals surface area contributed by atoms with Crippen molar-refractivity contribution in [2.75, 3.05) is 21.3 Å². The Morgan fingerprint density at radius 2 is 2.00 bits per heavy atom. The van der Waals surface area contributed by atoms with Crippen LogP contribution < -0.4 is 14.2 Å². The summed E-state index contributed by atoms with van der Waals surface area (Å²) in [4.78, 5) is 10.9. The first-order valence-electron chi connectivity index (χ1n) is 4.11. The van der Waals surface area contributed by atoms with Crippen LogP contribution in [0.25, 0.3) is 0 Å². The fraction of sp³-hybridized carbons (Fsp3) is 0.300. The van der Waals surface area contributed by atoms with Gasteiger partial charge in [0.1, 0.15) is 0 Å². The van der Waals surface area contributed by atoms with Crippen LogP contribution in [0.5, 0.6) is 17.2 Å². The summed E-state index contributed by atoms with van der Waals surface area (Å²) in [6, 6.07) is 5.87. The van der Waals surface area contributed by atoms with Crippen LogP contribution in [0.1, 0.15) is 0 Å². The fourth-order valence-corrected chi connectivity index (χ4v) is 1.00. The van der Waals surface area contributed by atoms with E-state index < -0.39 is 6.16 Å². The second kappa shape index (κ2) is 5.09. The summed E-state index contributed by atoms with van der Waals surface area (Å²) in [5, 5.41) is 0. The molecule has 0 fully saturated rings. The molecule has 15 heavy (non-hydrogen) atoms. The van der Waals surface area contributed by atoms with Gasteiger partial charge in [0.2, 0.25) is 5.75 Å². The molecule has 0 amide bonds. The average Bonchev–Trinajstić information content (AvgIpc) is 2.28. The zero-order valence-electron chi connectivity index (χ0n) is 8.70. The minimum absolute atomic E-state index is 0.222. The molecule has 0 aromatic heterocycles. The zero-order chi connectivity index (χ0) is 11.3. The SMILES string of the molecule is COC(=O)Oc1cc[c]c(OC)c1OC. The second-order valence-corrected chi connectivity index (χ2v) is 2.46. The van der Waals surface area contributed by atoms with Gasteiger partial charge in [-0.3, -0.25) is 0 Å². The van der Waals surface area contributed by atoms with Crippen molar-refractivity contribution in [2.24, 2.45) is 0 Å². The third kappa shape index (κ3) is 2.52. The van der Waals surface area contributed by atoms with Gasteiger partial charge in [-0.1, -0.05) is 0 Å². The molecule has 1 radical (unpaired) electrons. The van der Waals surface area contributed by atoms with E-state index in [1.165, 1.54) is 27.4 Å². The van der Waals surface area contributed by atoms with Crippen molar-refractivity contribution in [1.82, 2.24) is 0 Å². The molecule has 0 heterocycles. The maximum atomic E-state index is 10.9. The Kier molecular flexibility index (Phi) is 3.79. The molecular formula is C10H11O5. The smallest absolute Gasteiger partial charge is 0.492 e. The highest BCUT2D eigenvalue weighted by molar-refractivity contribution is 5.66. The molecule has 0 aliphatic carbocycles. The van der Waals surface area contributed by atoms with Crippen LogP contribution in [-0.4, -0.2) is 27.5 Å². The van der Waals surface area contributed by atoms with Gasteiger partial charge < -0.3 is 18.9 Å². The predicted molar refractivity (Wildman–Crippen MR) is 51.4 cm³/mol. The Morgan fingerprint density at radius 3 is 2.53 bits per heavy atom. The number of hydrogen-bond donors (Lipinski definition) is 0. The van der Waals surface area contributed by atoms with Crippen molar-refractivity contribution >= 4 is 6.16 Å². The van der Waals surface area contributed by atoms with Crippen LogP contribution in [0.15, 0.2) is 12.1 Å². The first-order valence-corrected chi connectivity index (χ1v) is 4.11. The number of benzene rings is 1. The number of hydrogen-bond acceptors (Lipinski definition) is 5. The van der Waals surface area contributed by atoms with E-state index in [9.17, 15) is 4.79 Å². The number of methoxy groups -OCH3 is 3. The zero-order valence-corrected chi connectivity index (χ0v) is 8.70. The molecule has 0 aliphatic heterocycles. The summed E-state index contributed by atoms with van der Waals surface area (Å²) < 4.78 is 19.2. The third-order valence-corrected chi connectivity index (χ3v) is 1.65. The number of ether oxygens (including phenoxy) is 4. The largest absolute Gasteiger partial charge is 0.513 e. The van der Waals surface area contributed by atoms with Crippen molar-refractivity contribution < 1.29 is 23.7 Å². The monoisotopic (exact) mass is 211 g/mol. The number of carbonyl (C=O) groups is 1. The molecule has 0 saturated carbocycles. The van der Waals surface area contributed by atoms with Crippen molar-refractivity contribution in [3.8, 4) is 17.2 Å². The fourth-order valence-electron chi connectivity index (χ4n) is 1.00. The second-order valence-electron chi connectivity index (χ2n) is 2.46. The van der Waals surface area contributed by atoms with E-state index in [4.69, 9.17) is 14.2 Å². The quantitative estimate of drug-likeness (QED) is 0.562. The Labute approximate surface area is 87.5 Å². The number of rotatable bonds is 3. The maximum absolute atomic E-state index is 10.9. The lowest BCUT2D eigenvalue weighted by atomic mass is 10.3. The molecule has 0 spiro atoms. The molecule has 1 aromatic carbocycles. The van der Waals surface area contributed by atoms with E-state index in [1.54, 1.807) is 6.07 Å². The first-order chi connectivity index (χ1) is 7.22. The van der Waals surface area contributed by atoms with Gasteiger partial charge in [0.05, 0.1) is 21.3 Å². The predicted octanol–water partition coefficient (Wildman–Crippen LogP) is 1.65. The van der Waals surface area contributed by atoms with Crippen molar-refractivity contribution in [2.45, 2.75) is 0 Å². The van der Waals surface area contributed by atoms with Crippen molar-refractivity contribution in [3.05, 3.63) is 18.2 Å².